The zero-order valence-corrected chi connectivity index (χ0v) is 24.9. The number of halogens is 2. The van der Waals surface area contributed by atoms with Crippen LogP contribution in [0.1, 0.15) is 65.5 Å². The molecule has 1 aromatic heterocycles. The van der Waals surface area contributed by atoms with Gasteiger partial charge in [-0.15, -0.1) is 0 Å². The van der Waals surface area contributed by atoms with Gasteiger partial charge in [0.15, 0.2) is 12.3 Å². The lowest BCUT2D eigenvalue weighted by Gasteiger charge is -2.23. The molecule has 9 heteroatoms. The molecule has 0 amide bonds. The Balaban J connectivity index is 2.03. The molecule has 1 atom stereocenters. The van der Waals surface area contributed by atoms with E-state index in [9.17, 15) is 4.79 Å². The first-order chi connectivity index (χ1) is 19.8. The zero-order valence-electron chi connectivity index (χ0n) is 23.4. The lowest BCUT2D eigenvalue weighted by atomic mass is 9.82. The molecule has 0 radical (unpaired) electrons. The minimum absolute atomic E-state index is 0.0472. The third-order valence-corrected chi connectivity index (χ3v) is 7.13. The van der Waals surface area contributed by atoms with Crippen molar-refractivity contribution in [3.63, 3.8) is 0 Å². The molecule has 0 saturated carbocycles. The van der Waals surface area contributed by atoms with E-state index in [1.165, 1.54) is 0 Å². The summed E-state index contributed by atoms with van der Waals surface area (Å²) in [6.45, 7) is 5.96. The second-order valence-electron chi connectivity index (χ2n) is 9.61. The van der Waals surface area contributed by atoms with Crippen LogP contribution in [0, 0.1) is 11.3 Å². The van der Waals surface area contributed by atoms with Crippen LogP contribution in [0.15, 0.2) is 66.7 Å². The smallest absolute Gasteiger partial charge is 0.359 e. The number of hydrogen-bond donors (Lipinski definition) is 0. The number of carbonyl (C=O) groups is 1. The minimum atomic E-state index is -0.524. The standard InChI is InChI=1S/C32H31Cl2N3O4/c1-5-40-32(38)30-29(31(20(2)3)37(36-30)26-8-6-7-9-28(26)39-4)25(21-10-12-23(33)13-11-21)19-22-18-24(34)14-15-27(22)41-17-16-35/h6-15,18,20,25H,5,17,19H2,1-4H3. The number of nitrogens with zero attached hydrogens (tertiary/aromatic N) is 3. The fraction of sp³-hybridized carbons (Fsp3) is 0.281. The number of hydrogen-bond acceptors (Lipinski definition) is 6. The number of carbonyl (C=O) groups excluding carboxylic acids is 1. The van der Waals surface area contributed by atoms with E-state index in [2.05, 4.69) is 13.8 Å². The molecule has 4 rings (SSSR count). The summed E-state index contributed by atoms with van der Waals surface area (Å²) in [4.78, 5) is 13.5. The number of esters is 1. The van der Waals surface area contributed by atoms with Crippen molar-refractivity contribution in [2.45, 2.75) is 39.0 Å². The quantitative estimate of drug-likeness (QED) is 0.166. The number of benzene rings is 3. The number of ether oxygens (including phenoxy) is 3. The lowest BCUT2D eigenvalue weighted by Crippen LogP contribution is -2.15. The topological polar surface area (TPSA) is 86.4 Å². The normalized spacial score (nSPS) is 11.7. The highest BCUT2D eigenvalue weighted by Crippen LogP contribution is 2.41. The summed E-state index contributed by atoms with van der Waals surface area (Å²) >= 11 is 12.7. The van der Waals surface area contributed by atoms with Crippen LogP contribution in [0.25, 0.3) is 5.69 Å². The van der Waals surface area contributed by atoms with Gasteiger partial charge in [-0.05, 0) is 72.9 Å². The van der Waals surface area contributed by atoms with E-state index in [1.807, 2.05) is 60.7 Å². The van der Waals surface area contributed by atoms with Crippen molar-refractivity contribution < 1.29 is 19.0 Å². The van der Waals surface area contributed by atoms with Crippen LogP contribution < -0.4 is 9.47 Å². The highest BCUT2D eigenvalue weighted by Gasteiger charge is 2.33. The molecule has 0 bridgehead atoms. The Morgan fingerprint density at radius 1 is 1.02 bits per heavy atom. The van der Waals surface area contributed by atoms with E-state index in [0.717, 1.165) is 22.4 Å². The van der Waals surface area contributed by atoms with E-state index in [-0.39, 0.29) is 30.7 Å². The molecule has 3 aromatic carbocycles. The molecular weight excluding hydrogens is 561 g/mol. The van der Waals surface area contributed by atoms with Gasteiger partial charge in [0.1, 0.15) is 23.3 Å². The highest BCUT2D eigenvalue weighted by atomic mass is 35.5. The van der Waals surface area contributed by atoms with Crippen molar-refractivity contribution in [1.82, 2.24) is 9.78 Å². The van der Waals surface area contributed by atoms with Gasteiger partial charge >= 0.3 is 5.97 Å². The van der Waals surface area contributed by atoms with Crippen molar-refractivity contribution in [1.29, 1.82) is 5.26 Å². The molecule has 0 saturated heterocycles. The van der Waals surface area contributed by atoms with Crippen LogP contribution in [0.3, 0.4) is 0 Å². The van der Waals surface area contributed by atoms with Crippen LogP contribution in [-0.2, 0) is 11.2 Å². The van der Waals surface area contributed by atoms with Gasteiger partial charge in [-0.2, -0.15) is 10.4 Å². The molecule has 0 N–H and O–H groups in total. The van der Waals surface area contributed by atoms with E-state index >= 15 is 0 Å². The molecule has 212 valence electrons. The largest absolute Gasteiger partial charge is 0.494 e. The van der Waals surface area contributed by atoms with E-state index in [0.29, 0.717) is 33.7 Å². The van der Waals surface area contributed by atoms with Crippen molar-refractivity contribution in [3.05, 3.63) is 105 Å². The molecule has 0 aliphatic heterocycles. The van der Waals surface area contributed by atoms with Crippen molar-refractivity contribution in [2.24, 2.45) is 0 Å². The first kappa shape index (κ1) is 30.0. The summed E-state index contributed by atoms with van der Waals surface area (Å²) in [6.07, 6.45) is 0.396. The fourth-order valence-electron chi connectivity index (χ4n) is 4.94. The molecule has 7 nitrogen and oxygen atoms in total. The minimum Gasteiger partial charge on any atom is -0.494 e. The Labute approximate surface area is 250 Å². The van der Waals surface area contributed by atoms with Crippen LogP contribution in [0.2, 0.25) is 10.0 Å². The van der Waals surface area contributed by atoms with E-state index in [4.69, 9.17) is 47.8 Å². The van der Waals surface area contributed by atoms with Crippen molar-refractivity contribution in [2.75, 3.05) is 20.3 Å². The van der Waals surface area contributed by atoms with Crippen LogP contribution in [0.4, 0.5) is 0 Å². The fourth-order valence-corrected chi connectivity index (χ4v) is 5.26. The molecule has 1 unspecified atom stereocenters. The number of methoxy groups -OCH3 is 1. The number of rotatable bonds is 11. The lowest BCUT2D eigenvalue weighted by molar-refractivity contribution is 0.0517. The van der Waals surface area contributed by atoms with Gasteiger partial charge in [0.2, 0.25) is 0 Å². The Morgan fingerprint density at radius 2 is 1.73 bits per heavy atom. The summed E-state index contributed by atoms with van der Waals surface area (Å²) in [5.74, 6) is 0.202. The van der Waals surface area contributed by atoms with Gasteiger partial charge in [-0.25, -0.2) is 9.48 Å². The first-order valence-electron chi connectivity index (χ1n) is 13.3. The van der Waals surface area contributed by atoms with Crippen LogP contribution >= 0.6 is 23.2 Å². The van der Waals surface area contributed by atoms with Gasteiger partial charge < -0.3 is 14.2 Å². The molecule has 41 heavy (non-hydrogen) atoms. The monoisotopic (exact) mass is 591 g/mol. The maximum Gasteiger partial charge on any atom is 0.359 e. The SMILES string of the molecule is CCOC(=O)c1nn(-c2ccccc2OC)c(C(C)C)c1C(Cc1cc(Cl)ccc1OCC#N)c1ccc(Cl)cc1. The Hall–Kier alpha value is -3.99. The third kappa shape index (κ3) is 6.67. The molecule has 4 aromatic rings. The van der Waals surface area contributed by atoms with Gasteiger partial charge in [0.05, 0.1) is 19.4 Å². The van der Waals surface area contributed by atoms with Crippen molar-refractivity contribution in [3.8, 4) is 23.3 Å². The first-order valence-corrected chi connectivity index (χ1v) is 14.0. The molecule has 0 aliphatic rings. The predicted molar refractivity (Wildman–Crippen MR) is 160 cm³/mol. The summed E-state index contributed by atoms with van der Waals surface area (Å²) < 4.78 is 18.7. The van der Waals surface area contributed by atoms with Crippen LogP contribution in [-0.4, -0.2) is 36.1 Å². The molecule has 0 aliphatic carbocycles. The predicted octanol–water partition coefficient (Wildman–Crippen LogP) is 7.76. The average Bonchev–Trinajstić information content (AvgIpc) is 3.37. The van der Waals surface area contributed by atoms with Gasteiger partial charge in [-0.1, -0.05) is 61.3 Å². The van der Waals surface area contributed by atoms with Gasteiger partial charge in [0.25, 0.3) is 0 Å². The number of para-hydroxylation sites is 2. The van der Waals surface area contributed by atoms with Gasteiger partial charge in [0, 0.05) is 21.5 Å². The Kier molecular flexibility index (Phi) is 9.93. The maximum atomic E-state index is 13.5. The second kappa shape index (κ2) is 13.6. The summed E-state index contributed by atoms with van der Waals surface area (Å²) in [5.41, 5.74) is 4.15. The zero-order chi connectivity index (χ0) is 29.5. The second-order valence-corrected chi connectivity index (χ2v) is 10.5. The third-order valence-electron chi connectivity index (χ3n) is 6.65. The Bertz CT molecular complexity index is 1560. The number of nitriles is 1. The molecular formula is C32H31Cl2N3O4. The molecule has 0 fully saturated rings. The summed E-state index contributed by atoms with van der Waals surface area (Å²) in [6, 6.07) is 22.4. The molecule has 0 spiro atoms. The maximum absolute atomic E-state index is 13.5. The highest BCUT2D eigenvalue weighted by molar-refractivity contribution is 6.30. The Morgan fingerprint density at radius 3 is 2.39 bits per heavy atom. The van der Waals surface area contributed by atoms with Gasteiger partial charge in [-0.3, -0.25) is 0 Å². The van der Waals surface area contributed by atoms with Crippen molar-refractivity contribution >= 4 is 29.2 Å². The summed E-state index contributed by atoms with van der Waals surface area (Å²) in [5, 5.41) is 15.1. The van der Waals surface area contributed by atoms with Crippen LogP contribution in [0.5, 0.6) is 11.5 Å². The van der Waals surface area contributed by atoms with E-state index in [1.54, 1.807) is 30.8 Å². The summed E-state index contributed by atoms with van der Waals surface area (Å²) in [7, 11) is 1.60. The van der Waals surface area contributed by atoms with E-state index < -0.39 is 5.97 Å². The average molecular weight is 593 g/mol. The molecule has 1 heterocycles. The number of aromatic nitrogens is 2.